The maximum absolute atomic E-state index is 12.1. The monoisotopic (exact) mass is 846 g/mol. The van der Waals surface area contributed by atoms with E-state index in [2.05, 4.69) is 47.1 Å². The molecule has 258 valence electrons. The van der Waals surface area contributed by atoms with E-state index in [1.165, 1.54) is 72.7 Å². The minimum Gasteiger partial charge on any atom is -0.480 e. The summed E-state index contributed by atoms with van der Waals surface area (Å²) < 4.78 is 7.93. The van der Waals surface area contributed by atoms with E-state index in [0.29, 0.717) is 6.42 Å². The zero-order chi connectivity index (χ0) is 33.8. The van der Waals surface area contributed by atoms with Crippen LogP contribution in [0.4, 0.5) is 5.82 Å². The van der Waals surface area contributed by atoms with Gasteiger partial charge in [-0.1, -0.05) is 75.0 Å². The fourth-order valence-corrected chi connectivity index (χ4v) is 10.9. The molecular formula is C34H45Br2ClN4O3S3. The van der Waals surface area contributed by atoms with Crippen LogP contribution in [0.3, 0.4) is 0 Å². The summed E-state index contributed by atoms with van der Waals surface area (Å²) in [6.07, 6.45) is 11.1. The molecule has 3 aromatic rings. The second kappa shape index (κ2) is 20.1. The molecule has 5 rings (SSSR count). The fraction of sp³-hybridized carbons (Fsp3) is 0.529. The lowest BCUT2D eigenvalue weighted by atomic mass is 9.87. The number of hydroxylamine groups is 1. The summed E-state index contributed by atoms with van der Waals surface area (Å²) in [5, 5.41) is 9.91. The zero-order valence-corrected chi connectivity index (χ0v) is 33.6. The van der Waals surface area contributed by atoms with Crippen molar-refractivity contribution in [3.63, 3.8) is 0 Å². The molecule has 1 atom stereocenters. The molecule has 4 heterocycles. The Hall–Kier alpha value is -0.830. The van der Waals surface area contributed by atoms with Crippen molar-refractivity contribution in [1.82, 2.24) is 13.8 Å². The van der Waals surface area contributed by atoms with Crippen molar-refractivity contribution in [3.8, 4) is 0 Å². The number of carboxylic acid groups (broad SMARTS) is 1. The van der Waals surface area contributed by atoms with Crippen molar-refractivity contribution in [2.24, 2.45) is 11.8 Å². The van der Waals surface area contributed by atoms with Crippen LogP contribution in [0.25, 0.3) is 0 Å². The first-order valence-electron chi connectivity index (χ1n) is 16.3. The predicted octanol–water partition coefficient (Wildman–Crippen LogP) is 10.7. The molecule has 2 fully saturated rings. The van der Waals surface area contributed by atoms with Gasteiger partial charge in [0.05, 0.1) is 15.8 Å². The summed E-state index contributed by atoms with van der Waals surface area (Å²) in [5.41, 5.74) is 0.940. The van der Waals surface area contributed by atoms with Gasteiger partial charge in [0.2, 0.25) is 0 Å². The van der Waals surface area contributed by atoms with Crippen LogP contribution in [0.1, 0.15) is 64.4 Å². The third kappa shape index (κ3) is 11.9. The lowest BCUT2D eigenvalue weighted by molar-refractivity contribution is -0.154. The van der Waals surface area contributed by atoms with Crippen molar-refractivity contribution in [3.05, 3.63) is 67.5 Å². The molecule has 0 spiro atoms. The van der Waals surface area contributed by atoms with E-state index in [4.69, 9.17) is 21.4 Å². The van der Waals surface area contributed by atoms with Gasteiger partial charge >= 0.3 is 5.97 Å². The SMILES string of the molecule is CC.CON(Sc1cnc(N2CCC(CCCC3CCN(Sc4cc(Br)c(Cl)s4)CC3)CC2)c(Br)c1)C(Cc1ccccc1)C(=O)O. The molecule has 0 saturated carbocycles. The summed E-state index contributed by atoms with van der Waals surface area (Å²) >= 11 is 18.2. The molecule has 7 nitrogen and oxygen atoms in total. The molecular weight excluding hydrogens is 804 g/mol. The lowest BCUT2D eigenvalue weighted by Gasteiger charge is -2.34. The third-order valence-corrected chi connectivity index (χ3v) is 13.8. The Labute approximate surface area is 314 Å². The van der Waals surface area contributed by atoms with Gasteiger partial charge in [-0.3, -0.25) is 9.63 Å². The van der Waals surface area contributed by atoms with Crippen LogP contribution in [-0.4, -0.2) is 64.2 Å². The van der Waals surface area contributed by atoms with Crippen LogP contribution in [0.2, 0.25) is 4.34 Å². The van der Waals surface area contributed by atoms with E-state index in [1.54, 1.807) is 11.3 Å². The third-order valence-electron chi connectivity index (χ3n) is 8.54. The van der Waals surface area contributed by atoms with Crippen LogP contribution < -0.4 is 4.90 Å². The molecule has 0 aliphatic carbocycles. The first-order valence-corrected chi connectivity index (χ1v) is 20.7. The number of hydrogen-bond donors (Lipinski definition) is 1. The minimum absolute atomic E-state index is 0.335. The molecule has 0 radical (unpaired) electrons. The van der Waals surface area contributed by atoms with Crippen LogP contribution in [0.15, 0.2) is 66.7 Å². The topological polar surface area (TPSA) is 69.1 Å². The number of rotatable bonds is 14. The van der Waals surface area contributed by atoms with E-state index in [0.717, 1.165) is 67.6 Å². The summed E-state index contributed by atoms with van der Waals surface area (Å²) in [7, 11) is 1.50. The minimum atomic E-state index is -0.936. The molecule has 1 aromatic carbocycles. The molecule has 47 heavy (non-hydrogen) atoms. The van der Waals surface area contributed by atoms with Crippen LogP contribution in [0, 0.1) is 11.8 Å². The van der Waals surface area contributed by atoms with Gasteiger partial charge in [0.25, 0.3) is 0 Å². The molecule has 2 aromatic heterocycles. The van der Waals surface area contributed by atoms with Crippen LogP contribution in [0.5, 0.6) is 0 Å². The largest absolute Gasteiger partial charge is 0.480 e. The number of piperidine rings is 2. The number of aliphatic carboxylic acids is 1. The quantitative estimate of drug-likeness (QED) is 0.126. The first kappa shape index (κ1) is 39.0. The average molecular weight is 849 g/mol. The highest BCUT2D eigenvalue weighted by Crippen LogP contribution is 2.40. The van der Waals surface area contributed by atoms with Gasteiger partial charge in [0.15, 0.2) is 0 Å². The van der Waals surface area contributed by atoms with Gasteiger partial charge in [-0.15, -0.1) is 15.8 Å². The standard InChI is InChI=1S/C32H39Br2ClN4O3S3.C2H6/c1-42-39(28(32(40)41)18-24-6-3-2-4-7-24)44-25-19-27(34)31(36-21-25)37-14-10-22(11-15-37)8-5-9-23-12-16-38(17-13-23)45-29-20-26(33)30(35)43-29;1-2/h2-4,6-7,19-23,28H,5,8-18H2,1H3,(H,40,41);1-2H3. The summed E-state index contributed by atoms with van der Waals surface area (Å²) in [4.78, 5) is 25.6. The molecule has 2 saturated heterocycles. The predicted molar refractivity (Wildman–Crippen MR) is 206 cm³/mol. The number of carboxylic acids is 1. The van der Waals surface area contributed by atoms with Crippen molar-refractivity contribution >= 4 is 90.5 Å². The second-order valence-corrected chi connectivity index (χ2v) is 17.4. The normalized spacial score (nSPS) is 17.0. The number of hydrogen-bond acceptors (Lipinski definition) is 9. The Balaban J connectivity index is 0.00000245. The van der Waals surface area contributed by atoms with Crippen LogP contribution >= 0.6 is 78.7 Å². The summed E-state index contributed by atoms with van der Waals surface area (Å²) in [6, 6.07) is 12.9. The number of carbonyl (C=O) groups is 1. The van der Waals surface area contributed by atoms with Gasteiger partial charge in [-0.2, -0.15) is 0 Å². The molecule has 1 N–H and O–H groups in total. The molecule has 2 aliphatic heterocycles. The van der Waals surface area contributed by atoms with E-state index >= 15 is 0 Å². The maximum Gasteiger partial charge on any atom is 0.324 e. The number of anilines is 1. The Kier molecular flexibility index (Phi) is 16.7. The Morgan fingerprint density at radius 1 is 1.06 bits per heavy atom. The van der Waals surface area contributed by atoms with Crippen molar-refractivity contribution < 1.29 is 14.7 Å². The first-order chi connectivity index (χ1) is 22.8. The van der Waals surface area contributed by atoms with Crippen molar-refractivity contribution in [1.29, 1.82) is 0 Å². The van der Waals surface area contributed by atoms with Gasteiger partial charge < -0.3 is 10.0 Å². The van der Waals surface area contributed by atoms with Gasteiger partial charge in [0.1, 0.15) is 16.2 Å². The van der Waals surface area contributed by atoms with E-state index in [1.807, 2.05) is 68.4 Å². The number of benzene rings is 1. The maximum atomic E-state index is 12.1. The van der Waals surface area contributed by atoms with Crippen LogP contribution in [-0.2, 0) is 16.1 Å². The summed E-state index contributed by atoms with van der Waals surface area (Å²) in [6.45, 7) is 8.31. The molecule has 0 bridgehead atoms. The van der Waals surface area contributed by atoms with Crippen molar-refractivity contribution in [2.45, 2.75) is 80.4 Å². The second-order valence-electron chi connectivity index (χ2n) is 11.6. The highest BCUT2D eigenvalue weighted by Gasteiger charge is 2.29. The van der Waals surface area contributed by atoms with E-state index in [9.17, 15) is 9.90 Å². The molecule has 2 aliphatic rings. The number of thiophene rings is 1. The number of pyridine rings is 1. The van der Waals surface area contributed by atoms with Gasteiger partial charge in [0, 0.05) is 48.2 Å². The molecule has 13 heteroatoms. The van der Waals surface area contributed by atoms with Crippen molar-refractivity contribution in [2.75, 3.05) is 38.2 Å². The number of halogens is 3. The number of nitrogens with zero attached hydrogens (tertiary/aromatic N) is 4. The Morgan fingerprint density at radius 2 is 1.70 bits per heavy atom. The van der Waals surface area contributed by atoms with Gasteiger partial charge in [-0.05, 0) is 111 Å². The lowest BCUT2D eigenvalue weighted by Crippen LogP contribution is -2.37. The Bertz CT molecular complexity index is 1370. The smallest absolute Gasteiger partial charge is 0.324 e. The van der Waals surface area contributed by atoms with E-state index < -0.39 is 12.0 Å². The van der Waals surface area contributed by atoms with Gasteiger partial charge in [-0.25, -0.2) is 9.29 Å². The van der Waals surface area contributed by atoms with E-state index in [-0.39, 0.29) is 0 Å². The highest BCUT2D eigenvalue weighted by molar-refractivity contribution is 9.11. The zero-order valence-electron chi connectivity index (χ0n) is 27.2. The molecule has 0 amide bonds. The average Bonchev–Trinajstić information content (AvgIpc) is 3.40. The Morgan fingerprint density at radius 3 is 2.26 bits per heavy atom. The fourth-order valence-electron chi connectivity index (χ4n) is 6.03. The highest BCUT2D eigenvalue weighted by atomic mass is 79.9. The molecule has 1 unspecified atom stereocenters. The summed E-state index contributed by atoms with van der Waals surface area (Å²) in [5.74, 6) is 1.63. The number of aromatic nitrogens is 1.